The van der Waals surface area contributed by atoms with E-state index in [4.69, 9.17) is 4.74 Å². The van der Waals surface area contributed by atoms with E-state index in [2.05, 4.69) is 20.6 Å². The highest BCUT2D eigenvalue weighted by Crippen LogP contribution is 2.30. The van der Waals surface area contributed by atoms with Gasteiger partial charge in [0.05, 0.1) is 19.3 Å². The monoisotopic (exact) mass is 279 g/mol. The molecule has 1 unspecified atom stereocenters. The highest BCUT2D eigenvalue weighted by Gasteiger charge is 2.38. The third-order valence-electron chi connectivity index (χ3n) is 2.48. The van der Waals surface area contributed by atoms with Crippen LogP contribution in [-0.4, -0.2) is 39.6 Å². The molecular weight excluding hydrogens is 271 g/mol. The van der Waals surface area contributed by atoms with Gasteiger partial charge in [-0.3, -0.25) is 0 Å². The number of morpholine rings is 1. The van der Waals surface area contributed by atoms with Crippen LogP contribution in [0.25, 0.3) is 4.96 Å². The maximum absolute atomic E-state index is 12.6. The smallest absolute Gasteiger partial charge is 0.378 e. The molecule has 0 radical (unpaired) electrons. The topological polar surface area (TPSA) is 64.3 Å². The summed E-state index contributed by atoms with van der Waals surface area (Å²) in [5, 5.41) is 14.1. The number of rotatable bonds is 1. The Kier molecular flexibility index (Phi) is 2.72. The summed E-state index contributed by atoms with van der Waals surface area (Å²) in [6.07, 6.45) is -4.55. The van der Waals surface area contributed by atoms with Crippen LogP contribution in [0.3, 0.4) is 0 Å². The molecule has 1 atom stereocenters. The molecule has 2 aromatic heterocycles. The Labute approximate surface area is 103 Å². The number of hydrogen-bond donors (Lipinski definition) is 1. The van der Waals surface area contributed by atoms with Crippen LogP contribution in [0.4, 0.5) is 13.2 Å². The fourth-order valence-corrected chi connectivity index (χ4v) is 2.57. The van der Waals surface area contributed by atoms with Gasteiger partial charge in [0.15, 0.2) is 0 Å². The minimum atomic E-state index is -4.55. The van der Waals surface area contributed by atoms with Gasteiger partial charge in [-0.05, 0) is 0 Å². The zero-order chi connectivity index (χ0) is 12.8. The van der Waals surface area contributed by atoms with E-state index >= 15 is 0 Å². The third kappa shape index (κ3) is 1.95. The van der Waals surface area contributed by atoms with Crippen LogP contribution in [0.5, 0.6) is 0 Å². The van der Waals surface area contributed by atoms with Crippen LogP contribution in [0.2, 0.25) is 0 Å². The van der Waals surface area contributed by atoms with Gasteiger partial charge in [0, 0.05) is 6.54 Å². The van der Waals surface area contributed by atoms with Crippen molar-refractivity contribution in [2.45, 2.75) is 12.2 Å². The minimum absolute atomic E-state index is 0.129. The first-order valence-corrected chi connectivity index (χ1v) is 5.98. The largest absolute Gasteiger partial charge is 0.453 e. The zero-order valence-corrected chi connectivity index (χ0v) is 9.75. The first-order chi connectivity index (χ1) is 8.55. The number of alkyl halides is 3. The maximum atomic E-state index is 12.6. The van der Waals surface area contributed by atoms with Crippen LogP contribution >= 0.6 is 11.3 Å². The van der Waals surface area contributed by atoms with Crippen molar-refractivity contribution in [3.63, 3.8) is 0 Å². The molecule has 1 aliphatic heterocycles. The standard InChI is InChI=1S/C8H8F3N5OS/c9-8(10,11)6-13-14-7-16(6)15-5(18-7)4-3-17-2-1-12-4/h4,12H,1-3H2. The third-order valence-corrected chi connectivity index (χ3v) is 3.49. The van der Waals surface area contributed by atoms with E-state index in [1.165, 1.54) is 0 Å². The predicted octanol–water partition coefficient (Wildman–Crippen LogP) is 0.865. The van der Waals surface area contributed by atoms with E-state index < -0.39 is 12.0 Å². The molecule has 1 saturated heterocycles. The van der Waals surface area contributed by atoms with Crippen molar-refractivity contribution in [3.05, 3.63) is 10.8 Å². The lowest BCUT2D eigenvalue weighted by atomic mass is 10.3. The molecule has 2 aromatic rings. The Bertz CT molecular complexity index is 559. The fraction of sp³-hybridized carbons (Fsp3) is 0.625. The van der Waals surface area contributed by atoms with Crippen molar-refractivity contribution in [2.24, 2.45) is 0 Å². The van der Waals surface area contributed by atoms with Gasteiger partial charge < -0.3 is 10.1 Å². The van der Waals surface area contributed by atoms with Crippen molar-refractivity contribution >= 4 is 16.3 Å². The molecule has 98 valence electrons. The Balaban J connectivity index is 1.98. The van der Waals surface area contributed by atoms with Crippen molar-refractivity contribution in [3.8, 4) is 0 Å². The molecule has 0 aliphatic carbocycles. The molecule has 18 heavy (non-hydrogen) atoms. The van der Waals surface area contributed by atoms with Crippen LogP contribution in [0.15, 0.2) is 0 Å². The van der Waals surface area contributed by atoms with Crippen molar-refractivity contribution in [2.75, 3.05) is 19.8 Å². The summed E-state index contributed by atoms with van der Waals surface area (Å²) in [4.78, 5) is 0.129. The van der Waals surface area contributed by atoms with E-state index in [0.29, 0.717) is 24.8 Å². The van der Waals surface area contributed by atoms with Crippen molar-refractivity contribution in [1.82, 2.24) is 25.1 Å². The number of nitrogens with zero attached hydrogens (tertiary/aromatic N) is 4. The molecule has 0 spiro atoms. The summed E-state index contributed by atoms with van der Waals surface area (Å²) in [6, 6.07) is -0.188. The van der Waals surface area contributed by atoms with E-state index in [0.717, 1.165) is 15.9 Å². The molecule has 0 amide bonds. The van der Waals surface area contributed by atoms with Gasteiger partial charge in [0.2, 0.25) is 4.96 Å². The van der Waals surface area contributed by atoms with Crippen LogP contribution in [0.1, 0.15) is 16.9 Å². The Morgan fingerprint density at radius 3 is 2.89 bits per heavy atom. The molecule has 3 heterocycles. The Morgan fingerprint density at radius 2 is 2.22 bits per heavy atom. The average molecular weight is 279 g/mol. The number of halogens is 3. The van der Waals surface area contributed by atoms with Crippen LogP contribution in [0, 0.1) is 0 Å². The number of hydrogen-bond acceptors (Lipinski definition) is 6. The molecule has 1 N–H and O–H groups in total. The van der Waals surface area contributed by atoms with Crippen molar-refractivity contribution < 1.29 is 17.9 Å². The van der Waals surface area contributed by atoms with Gasteiger partial charge in [-0.15, -0.1) is 10.2 Å². The SMILES string of the molecule is FC(F)(F)c1nnc2sc(C3COCCN3)nn12. The summed E-state index contributed by atoms with van der Waals surface area (Å²) in [5.41, 5.74) is 0. The highest BCUT2D eigenvalue weighted by atomic mass is 32.1. The second-order valence-electron chi connectivity index (χ2n) is 3.74. The van der Waals surface area contributed by atoms with E-state index in [-0.39, 0.29) is 11.0 Å². The number of aromatic nitrogens is 4. The predicted molar refractivity (Wildman–Crippen MR) is 55.2 cm³/mol. The zero-order valence-electron chi connectivity index (χ0n) is 8.94. The van der Waals surface area contributed by atoms with Gasteiger partial charge in [0.25, 0.3) is 5.82 Å². The normalized spacial score (nSPS) is 21.6. The molecule has 1 fully saturated rings. The highest BCUT2D eigenvalue weighted by molar-refractivity contribution is 7.16. The van der Waals surface area contributed by atoms with Gasteiger partial charge in [0.1, 0.15) is 5.01 Å². The lowest BCUT2D eigenvalue weighted by Gasteiger charge is -2.21. The maximum Gasteiger partial charge on any atom is 0.453 e. The van der Waals surface area contributed by atoms with E-state index in [1.807, 2.05) is 0 Å². The molecule has 1 aliphatic rings. The lowest BCUT2D eigenvalue weighted by Crippen LogP contribution is -2.34. The van der Waals surface area contributed by atoms with Gasteiger partial charge >= 0.3 is 6.18 Å². The van der Waals surface area contributed by atoms with Crippen molar-refractivity contribution in [1.29, 1.82) is 0 Å². The van der Waals surface area contributed by atoms with E-state index in [1.54, 1.807) is 0 Å². The summed E-state index contributed by atoms with van der Waals surface area (Å²) in [5.74, 6) is -1.10. The molecule has 3 rings (SSSR count). The summed E-state index contributed by atoms with van der Waals surface area (Å²) in [6.45, 7) is 1.64. The number of nitrogens with one attached hydrogen (secondary N) is 1. The summed E-state index contributed by atoms with van der Waals surface area (Å²) in [7, 11) is 0. The van der Waals surface area contributed by atoms with Gasteiger partial charge in [-0.1, -0.05) is 11.3 Å². The molecular formula is C8H8F3N5OS. The second-order valence-corrected chi connectivity index (χ2v) is 4.73. The fourth-order valence-electron chi connectivity index (χ4n) is 1.67. The van der Waals surface area contributed by atoms with Crippen LogP contribution in [-0.2, 0) is 10.9 Å². The first-order valence-electron chi connectivity index (χ1n) is 5.16. The first kappa shape index (κ1) is 11.8. The average Bonchev–Trinajstić information content (AvgIpc) is 2.87. The summed E-state index contributed by atoms with van der Waals surface area (Å²) >= 11 is 1.08. The lowest BCUT2D eigenvalue weighted by molar-refractivity contribution is -0.146. The minimum Gasteiger partial charge on any atom is -0.378 e. The van der Waals surface area contributed by atoms with Gasteiger partial charge in [-0.25, -0.2) is 0 Å². The molecule has 0 aromatic carbocycles. The Hall–Kier alpha value is -1.26. The molecule has 0 saturated carbocycles. The number of fused-ring (bicyclic) bond motifs is 1. The molecule has 0 bridgehead atoms. The molecule has 10 heteroatoms. The second kappa shape index (κ2) is 4.14. The van der Waals surface area contributed by atoms with Gasteiger partial charge in [-0.2, -0.15) is 22.8 Å². The quantitative estimate of drug-likeness (QED) is 0.839. The molecule has 6 nitrogen and oxygen atoms in total. The van der Waals surface area contributed by atoms with Crippen LogP contribution < -0.4 is 5.32 Å². The summed E-state index contributed by atoms with van der Waals surface area (Å²) < 4.78 is 43.8. The Morgan fingerprint density at radius 1 is 1.39 bits per heavy atom. The number of ether oxygens (including phenoxy) is 1. The van der Waals surface area contributed by atoms with E-state index in [9.17, 15) is 13.2 Å².